The second-order valence-corrected chi connectivity index (χ2v) is 11.5. The smallest absolute Gasteiger partial charge is 0.270 e. The lowest BCUT2D eigenvalue weighted by Gasteiger charge is -2.08. The van der Waals surface area contributed by atoms with Crippen molar-refractivity contribution in [3.63, 3.8) is 0 Å². The minimum absolute atomic E-state index is 0.0274. The molecule has 0 aliphatic heterocycles. The van der Waals surface area contributed by atoms with Gasteiger partial charge in [0.05, 0.1) is 34.1 Å². The number of ether oxygens (including phenoxy) is 3. The molecule has 0 radical (unpaired) electrons. The molecule has 268 valence electrons. The summed E-state index contributed by atoms with van der Waals surface area (Å²) in [6.45, 7) is 1.35. The monoisotopic (exact) mass is 770 g/mol. The summed E-state index contributed by atoms with van der Waals surface area (Å²) >= 11 is 3.18. The molecule has 17 heteroatoms. The minimum Gasteiger partial charge on any atom is -0.505 e. The summed E-state index contributed by atoms with van der Waals surface area (Å²) in [5, 5.41) is 42.2. The lowest BCUT2D eigenvalue weighted by Crippen LogP contribution is -2.05. The van der Waals surface area contributed by atoms with Crippen LogP contribution in [0, 0.1) is 31.9 Å². The molecule has 0 aliphatic rings. The van der Waals surface area contributed by atoms with Crippen LogP contribution < -0.4 is 4.74 Å². The summed E-state index contributed by atoms with van der Waals surface area (Å²) < 4.78 is 45.2. The number of alkyl halides is 1. The van der Waals surface area contributed by atoms with Crippen LogP contribution in [-0.4, -0.2) is 73.9 Å². The van der Waals surface area contributed by atoms with E-state index in [4.69, 9.17) is 9.47 Å². The molecular formula is C34H33BrF2N6O8. The summed E-state index contributed by atoms with van der Waals surface area (Å²) in [6.07, 6.45) is 0. The summed E-state index contributed by atoms with van der Waals surface area (Å²) in [5.74, 6) is -1.63. The van der Waals surface area contributed by atoms with Crippen LogP contribution in [-0.2, 0) is 23.6 Å². The third kappa shape index (κ3) is 9.19. The van der Waals surface area contributed by atoms with E-state index in [9.17, 15) is 34.1 Å². The number of phenols is 1. The number of aromatic nitrogens is 4. The van der Waals surface area contributed by atoms with Gasteiger partial charge >= 0.3 is 0 Å². The maximum absolute atomic E-state index is 13.9. The van der Waals surface area contributed by atoms with Gasteiger partial charge in [-0.2, -0.15) is 10.2 Å². The molecule has 0 atom stereocenters. The van der Waals surface area contributed by atoms with Gasteiger partial charge in [0.25, 0.3) is 11.4 Å². The van der Waals surface area contributed by atoms with Gasteiger partial charge in [-0.05, 0) is 48.5 Å². The molecule has 51 heavy (non-hydrogen) atoms. The zero-order chi connectivity index (χ0) is 37.2. The fraction of sp³-hybridized carbons (Fsp3) is 0.235. The second kappa shape index (κ2) is 17.4. The second-order valence-electron chi connectivity index (χ2n) is 10.7. The number of phenolic OH excluding ortho intramolecular Hbond substituents is 1. The molecule has 6 rings (SSSR count). The quantitative estimate of drug-likeness (QED) is 0.0644. The van der Waals surface area contributed by atoms with E-state index in [0.29, 0.717) is 45.4 Å². The number of aromatic hydroxyl groups is 1. The Bertz CT molecular complexity index is 2170. The number of non-ortho nitro benzene ring substituents is 2. The number of aryl methyl sites for hydroxylation is 2. The van der Waals surface area contributed by atoms with Crippen LogP contribution in [0.3, 0.4) is 0 Å². The number of nitro benzene ring substituents is 2. The maximum atomic E-state index is 13.9. The van der Waals surface area contributed by atoms with Gasteiger partial charge in [-0.15, -0.1) is 0 Å². The average Bonchev–Trinajstić information content (AvgIpc) is 3.63. The van der Waals surface area contributed by atoms with Crippen molar-refractivity contribution in [3.05, 3.63) is 105 Å². The Morgan fingerprint density at radius 1 is 0.725 bits per heavy atom. The number of benzene rings is 4. The van der Waals surface area contributed by atoms with E-state index in [1.807, 2.05) is 0 Å². The van der Waals surface area contributed by atoms with Crippen molar-refractivity contribution >= 4 is 49.1 Å². The molecule has 0 amide bonds. The predicted octanol–water partition coefficient (Wildman–Crippen LogP) is 7.33. The highest BCUT2D eigenvalue weighted by molar-refractivity contribution is 9.09. The number of hydrogen-bond acceptors (Lipinski definition) is 10. The molecule has 2 heterocycles. The van der Waals surface area contributed by atoms with E-state index in [-0.39, 0.29) is 23.7 Å². The standard InChI is InChI=1S/C17H16FN3O4.C14H10FN3O3.C3H7BrO/c1-20-15-6-4-12(21(22)23)10-13(15)17(19-20)11-3-5-14(18)16(9-11)25-8-7-24-2;1-17-12-5-3-9(18(20)21)7-10(12)14(16-17)8-2-4-11(15)13(19)6-8;1-5-3-2-4/h3-6,9-10H,7-8H2,1-2H3;2-7,19H,1H3;2-3H2,1H3. The van der Waals surface area contributed by atoms with Gasteiger partial charge in [0, 0.05) is 79.8 Å². The summed E-state index contributed by atoms with van der Waals surface area (Å²) in [4.78, 5) is 21.0. The molecule has 0 spiro atoms. The van der Waals surface area contributed by atoms with E-state index >= 15 is 0 Å². The first-order valence-electron chi connectivity index (χ1n) is 15.1. The number of hydrogen-bond donors (Lipinski definition) is 1. The van der Waals surface area contributed by atoms with E-state index in [0.717, 1.165) is 23.5 Å². The van der Waals surface area contributed by atoms with Gasteiger partial charge in [0.15, 0.2) is 23.1 Å². The molecule has 0 bridgehead atoms. The zero-order valence-corrected chi connectivity index (χ0v) is 29.5. The van der Waals surface area contributed by atoms with Crippen molar-refractivity contribution in [1.82, 2.24) is 19.6 Å². The van der Waals surface area contributed by atoms with Gasteiger partial charge < -0.3 is 19.3 Å². The highest BCUT2D eigenvalue weighted by Crippen LogP contribution is 2.34. The Hall–Kier alpha value is -5.52. The van der Waals surface area contributed by atoms with Crippen molar-refractivity contribution in [3.8, 4) is 34.0 Å². The molecule has 14 nitrogen and oxygen atoms in total. The number of nitrogens with zero attached hydrogens (tertiary/aromatic N) is 6. The SMILES string of the molecule is COCCBr.COCCOc1cc(-c2nn(C)c3ccc([N+](=O)[O-])cc23)ccc1F.Cn1nc(-c2ccc(F)c(O)c2)c2cc([N+](=O)[O-])ccc21. The molecule has 0 fully saturated rings. The highest BCUT2D eigenvalue weighted by atomic mass is 79.9. The largest absolute Gasteiger partial charge is 0.505 e. The van der Waals surface area contributed by atoms with Crippen molar-refractivity contribution < 1.29 is 37.9 Å². The molecule has 0 saturated heterocycles. The van der Waals surface area contributed by atoms with Crippen molar-refractivity contribution in [2.24, 2.45) is 14.1 Å². The van der Waals surface area contributed by atoms with Crippen LogP contribution in [0.15, 0.2) is 72.8 Å². The average molecular weight is 772 g/mol. The molecule has 1 N–H and O–H groups in total. The number of fused-ring (bicyclic) bond motifs is 2. The van der Waals surface area contributed by atoms with Gasteiger partial charge in [0.1, 0.15) is 18.0 Å². The molecule has 0 saturated carbocycles. The Morgan fingerprint density at radius 3 is 1.65 bits per heavy atom. The van der Waals surface area contributed by atoms with Gasteiger partial charge in [-0.25, -0.2) is 8.78 Å². The normalized spacial score (nSPS) is 10.7. The molecule has 2 aromatic heterocycles. The topological polar surface area (TPSA) is 170 Å². The van der Waals surface area contributed by atoms with Crippen LogP contribution in [0.1, 0.15) is 0 Å². The summed E-state index contributed by atoms with van der Waals surface area (Å²) in [6, 6.07) is 17.2. The van der Waals surface area contributed by atoms with E-state index in [1.165, 1.54) is 55.6 Å². The van der Waals surface area contributed by atoms with Crippen molar-refractivity contribution in [1.29, 1.82) is 0 Å². The van der Waals surface area contributed by atoms with Gasteiger partial charge in [-0.3, -0.25) is 29.6 Å². The van der Waals surface area contributed by atoms with Crippen LogP contribution in [0.2, 0.25) is 0 Å². The minimum atomic E-state index is -0.732. The Labute approximate surface area is 298 Å². The number of rotatable bonds is 10. The maximum Gasteiger partial charge on any atom is 0.270 e. The van der Waals surface area contributed by atoms with Crippen molar-refractivity contribution in [2.75, 3.05) is 39.4 Å². The summed E-state index contributed by atoms with van der Waals surface area (Å²) in [5.41, 5.74) is 3.44. The van der Waals surface area contributed by atoms with E-state index in [1.54, 1.807) is 48.8 Å². The van der Waals surface area contributed by atoms with Crippen LogP contribution in [0.25, 0.3) is 44.3 Å². The third-order valence-corrected chi connectivity index (χ3v) is 7.66. The van der Waals surface area contributed by atoms with Gasteiger partial charge in [-0.1, -0.05) is 15.9 Å². The Balaban J connectivity index is 0.000000204. The molecular weight excluding hydrogens is 738 g/mol. The first kappa shape index (κ1) is 38.3. The lowest BCUT2D eigenvalue weighted by atomic mass is 10.1. The zero-order valence-electron chi connectivity index (χ0n) is 27.9. The number of methoxy groups -OCH3 is 2. The van der Waals surface area contributed by atoms with E-state index in [2.05, 4.69) is 30.9 Å². The highest BCUT2D eigenvalue weighted by Gasteiger charge is 2.18. The van der Waals surface area contributed by atoms with Crippen LogP contribution in [0.5, 0.6) is 11.5 Å². The third-order valence-electron chi connectivity index (χ3n) is 7.34. The number of nitro groups is 2. The Morgan fingerprint density at radius 2 is 1.22 bits per heavy atom. The van der Waals surface area contributed by atoms with Gasteiger partial charge in [0.2, 0.25) is 0 Å². The van der Waals surface area contributed by atoms with Crippen molar-refractivity contribution in [2.45, 2.75) is 0 Å². The van der Waals surface area contributed by atoms with Crippen LogP contribution >= 0.6 is 15.9 Å². The Kier molecular flexibility index (Phi) is 13.1. The molecule has 0 unspecified atom stereocenters. The fourth-order valence-corrected chi connectivity index (χ4v) is 5.22. The molecule has 4 aromatic carbocycles. The fourth-order valence-electron chi connectivity index (χ4n) is 4.89. The molecule has 6 aromatic rings. The lowest BCUT2D eigenvalue weighted by molar-refractivity contribution is -0.384. The summed E-state index contributed by atoms with van der Waals surface area (Å²) in [7, 11) is 6.67. The van der Waals surface area contributed by atoms with E-state index < -0.39 is 27.2 Å². The number of halogens is 3. The first-order valence-corrected chi connectivity index (χ1v) is 16.2. The molecule has 0 aliphatic carbocycles. The first-order chi connectivity index (χ1) is 24.4. The van der Waals surface area contributed by atoms with Crippen LogP contribution in [0.4, 0.5) is 20.2 Å². The predicted molar refractivity (Wildman–Crippen MR) is 190 cm³/mol.